The molecule has 1 atom stereocenters. The number of nitro groups is 1. The number of rotatable bonds is 8. The van der Waals surface area contributed by atoms with E-state index in [1.54, 1.807) is 31.2 Å². The molecule has 3 N–H and O–H groups in total. The van der Waals surface area contributed by atoms with E-state index in [2.05, 4.69) is 15.8 Å². The van der Waals surface area contributed by atoms with Crippen LogP contribution in [0, 0.1) is 10.1 Å². The Morgan fingerprint density at radius 2 is 2.04 bits per heavy atom. The van der Waals surface area contributed by atoms with Crippen molar-refractivity contribution >= 4 is 23.5 Å². The molecule has 9 heteroatoms. The maximum atomic E-state index is 12.1. The van der Waals surface area contributed by atoms with E-state index < -0.39 is 16.9 Å². The summed E-state index contributed by atoms with van der Waals surface area (Å²) in [7, 11) is 0. The van der Waals surface area contributed by atoms with E-state index in [9.17, 15) is 20.0 Å². The number of amides is 1. The first-order valence-electron chi connectivity index (χ1n) is 8.20. The number of carbonyl (C=O) groups excluding carboxylic acids is 1. The highest BCUT2D eigenvalue weighted by Crippen LogP contribution is 2.21. The number of aromatic hydroxyl groups is 1. The highest BCUT2D eigenvalue weighted by Gasteiger charge is 2.12. The Kier molecular flexibility index (Phi) is 6.70. The highest BCUT2D eigenvalue weighted by atomic mass is 16.6. The van der Waals surface area contributed by atoms with E-state index in [0.717, 1.165) is 23.7 Å². The summed E-state index contributed by atoms with van der Waals surface area (Å²) in [6.07, 6.45) is 1.14. The molecule has 9 nitrogen and oxygen atoms in total. The number of nitro benzene ring substituents is 1. The van der Waals surface area contributed by atoms with E-state index in [4.69, 9.17) is 4.74 Å². The van der Waals surface area contributed by atoms with Gasteiger partial charge in [0.2, 0.25) is 0 Å². The van der Waals surface area contributed by atoms with Gasteiger partial charge in [0.25, 0.3) is 11.6 Å². The topological polar surface area (TPSA) is 126 Å². The Hall–Kier alpha value is -3.62. The number of non-ortho nitro benzene ring substituents is 1. The summed E-state index contributed by atoms with van der Waals surface area (Å²) < 4.78 is 5.35. The minimum Gasteiger partial charge on any atom is -0.507 e. The van der Waals surface area contributed by atoms with Crippen LogP contribution in [0.1, 0.15) is 19.4 Å². The molecule has 2 aromatic rings. The molecule has 1 amide bonds. The molecular weight excluding hydrogens is 352 g/mol. The van der Waals surface area contributed by atoms with Crippen molar-refractivity contribution in [3.8, 4) is 11.5 Å². The van der Waals surface area contributed by atoms with Crippen LogP contribution in [0.3, 0.4) is 0 Å². The van der Waals surface area contributed by atoms with Gasteiger partial charge in [0.15, 0.2) is 0 Å². The van der Waals surface area contributed by atoms with Crippen LogP contribution in [-0.2, 0) is 4.79 Å². The smallest absolute Gasteiger partial charge is 0.270 e. The first-order valence-corrected chi connectivity index (χ1v) is 8.20. The molecule has 0 unspecified atom stereocenters. The van der Waals surface area contributed by atoms with Gasteiger partial charge in [-0.05, 0) is 44.2 Å². The normalized spacial score (nSPS) is 11.8. The number of ether oxygens (including phenoxy) is 1. The van der Waals surface area contributed by atoms with Crippen molar-refractivity contribution in [3.63, 3.8) is 0 Å². The monoisotopic (exact) mass is 372 g/mol. The van der Waals surface area contributed by atoms with Crippen LogP contribution in [0.15, 0.2) is 47.6 Å². The van der Waals surface area contributed by atoms with Crippen LogP contribution in [0.4, 0.5) is 11.4 Å². The molecule has 2 aromatic carbocycles. The lowest BCUT2D eigenvalue weighted by molar-refractivity contribution is -0.384. The molecule has 0 aliphatic rings. The van der Waals surface area contributed by atoms with Gasteiger partial charge in [-0.2, -0.15) is 5.10 Å². The average Bonchev–Trinajstić information content (AvgIpc) is 2.64. The lowest BCUT2D eigenvalue weighted by atomic mass is 10.2. The van der Waals surface area contributed by atoms with Crippen LogP contribution in [0.2, 0.25) is 0 Å². The first-order chi connectivity index (χ1) is 12.9. The number of hydrogen-bond acceptors (Lipinski definition) is 7. The van der Waals surface area contributed by atoms with Crippen molar-refractivity contribution in [2.24, 2.45) is 5.10 Å². The van der Waals surface area contributed by atoms with Crippen LogP contribution in [0.25, 0.3) is 0 Å². The fourth-order valence-corrected chi connectivity index (χ4v) is 2.15. The van der Waals surface area contributed by atoms with Gasteiger partial charge in [0.1, 0.15) is 17.5 Å². The Morgan fingerprint density at radius 3 is 2.67 bits per heavy atom. The maximum Gasteiger partial charge on any atom is 0.270 e. The molecule has 27 heavy (non-hydrogen) atoms. The summed E-state index contributed by atoms with van der Waals surface area (Å²) in [6.45, 7) is 4.13. The van der Waals surface area contributed by atoms with Crippen molar-refractivity contribution < 1.29 is 19.6 Å². The van der Waals surface area contributed by atoms with Gasteiger partial charge in [0, 0.05) is 23.4 Å². The Balaban J connectivity index is 1.93. The molecule has 0 saturated carbocycles. The predicted molar refractivity (Wildman–Crippen MR) is 101 cm³/mol. The number of hydrogen-bond donors (Lipinski definition) is 3. The number of phenolic OH excluding ortho intramolecular Hbond substituents is 1. The zero-order valence-electron chi connectivity index (χ0n) is 14.9. The molecule has 0 aliphatic heterocycles. The second-order valence-electron chi connectivity index (χ2n) is 5.56. The molecular formula is C18H20N4O5. The van der Waals surface area contributed by atoms with Crippen molar-refractivity contribution in [1.82, 2.24) is 5.43 Å². The number of nitrogens with zero attached hydrogens (tertiary/aromatic N) is 2. The second kappa shape index (κ2) is 9.18. The SMILES string of the molecule is CCOc1ccc(N[C@@H](C)C(=O)NN=Cc2cc([N+](=O)[O-])ccc2O)cc1. The second-order valence-corrected chi connectivity index (χ2v) is 5.56. The molecule has 0 aliphatic carbocycles. The first kappa shape index (κ1) is 19.7. The maximum absolute atomic E-state index is 12.1. The Morgan fingerprint density at radius 1 is 1.33 bits per heavy atom. The zero-order chi connectivity index (χ0) is 19.8. The largest absolute Gasteiger partial charge is 0.507 e. The summed E-state index contributed by atoms with van der Waals surface area (Å²) in [5, 5.41) is 27.2. The minimum atomic E-state index is -0.585. The predicted octanol–water partition coefficient (Wildman–Crippen LogP) is 2.65. The number of benzene rings is 2. The van der Waals surface area contributed by atoms with Gasteiger partial charge >= 0.3 is 0 Å². The van der Waals surface area contributed by atoms with Gasteiger partial charge in [-0.25, -0.2) is 5.43 Å². The number of hydrazone groups is 1. The van der Waals surface area contributed by atoms with E-state index in [-0.39, 0.29) is 17.0 Å². The summed E-state index contributed by atoms with van der Waals surface area (Å²) in [5.74, 6) is 0.144. The molecule has 0 saturated heterocycles. The van der Waals surface area contributed by atoms with Crippen LogP contribution < -0.4 is 15.5 Å². The van der Waals surface area contributed by atoms with Crippen LogP contribution in [-0.4, -0.2) is 34.8 Å². The third-order valence-corrected chi connectivity index (χ3v) is 3.54. The third kappa shape index (κ3) is 5.70. The third-order valence-electron chi connectivity index (χ3n) is 3.54. The number of anilines is 1. The van der Waals surface area contributed by atoms with Gasteiger partial charge in [-0.3, -0.25) is 14.9 Å². The molecule has 0 radical (unpaired) electrons. The average molecular weight is 372 g/mol. The van der Waals surface area contributed by atoms with Crippen molar-refractivity contribution in [2.45, 2.75) is 19.9 Å². The van der Waals surface area contributed by atoms with E-state index in [0.29, 0.717) is 6.61 Å². The molecule has 0 spiro atoms. The number of phenols is 1. The van der Waals surface area contributed by atoms with E-state index in [1.807, 2.05) is 6.92 Å². The van der Waals surface area contributed by atoms with Crippen molar-refractivity contribution in [2.75, 3.05) is 11.9 Å². The lowest BCUT2D eigenvalue weighted by Gasteiger charge is -2.14. The van der Waals surface area contributed by atoms with E-state index >= 15 is 0 Å². The zero-order valence-corrected chi connectivity index (χ0v) is 14.9. The lowest BCUT2D eigenvalue weighted by Crippen LogP contribution is -2.34. The van der Waals surface area contributed by atoms with Crippen molar-refractivity contribution in [3.05, 3.63) is 58.1 Å². The van der Waals surface area contributed by atoms with Gasteiger partial charge in [-0.15, -0.1) is 0 Å². The summed E-state index contributed by atoms with van der Waals surface area (Å²) in [5.41, 5.74) is 2.99. The number of carbonyl (C=O) groups is 1. The molecule has 0 heterocycles. The van der Waals surface area contributed by atoms with Gasteiger partial charge < -0.3 is 15.2 Å². The standard InChI is InChI=1S/C18H20N4O5/c1-3-27-16-7-4-14(5-8-16)20-12(2)18(24)21-19-11-13-10-15(22(25)26)6-9-17(13)23/h4-12,20,23H,3H2,1-2H3,(H,21,24)/t12-/m0/s1. The highest BCUT2D eigenvalue weighted by molar-refractivity contribution is 5.88. The quantitative estimate of drug-likeness (QED) is 0.371. The Labute approximate surface area is 155 Å². The van der Waals surface area contributed by atoms with Gasteiger partial charge in [-0.1, -0.05) is 0 Å². The van der Waals surface area contributed by atoms with Crippen LogP contribution >= 0.6 is 0 Å². The molecule has 0 fully saturated rings. The summed E-state index contributed by atoms with van der Waals surface area (Å²) in [4.78, 5) is 22.3. The summed E-state index contributed by atoms with van der Waals surface area (Å²) >= 11 is 0. The molecule has 0 aromatic heterocycles. The minimum absolute atomic E-state index is 0.122. The molecule has 142 valence electrons. The molecule has 2 rings (SSSR count). The summed E-state index contributed by atoms with van der Waals surface area (Å²) in [6, 6.07) is 10.1. The van der Waals surface area contributed by atoms with E-state index in [1.165, 1.54) is 12.1 Å². The molecule has 0 bridgehead atoms. The van der Waals surface area contributed by atoms with Crippen molar-refractivity contribution in [1.29, 1.82) is 0 Å². The number of nitrogens with one attached hydrogen (secondary N) is 2. The fraction of sp³-hybridized carbons (Fsp3) is 0.222. The fourth-order valence-electron chi connectivity index (χ4n) is 2.15. The Bertz CT molecular complexity index is 836. The van der Waals surface area contributed by atoms with Gasteiger partial charge in [0.05, 0.1) is 17.7 Å². The van der Waals surface area contributed by atoms with Crippen LogP contribution in [0.5, 0.6) is 11.5 Å².